The first-order valence-corrected chi connectivity index (χ1v) is 8.36. The summed E-state index contributed by atoms with van der Waals surface area (Å²) in [5, 5.41) is 0. The maximum atomic E-state index is 4.18. The molecule has 0 rings (SSSR count). The topological polar surface area (TPSA) is 0 Å². The van der Waals surface area contributed by atoms with Crippen LogP contribution < -0.4 is 0 Å². The molecular weight excluding hydrogens is 236 g/mol. The predicted molar refractivity (Wildman–Crippen MR) is 76.2 cm³/mol. The average Bonchev–Trinajstić information content (AvgIpc) is 2.16. The van der Waals surface area contributed by atoms with E-state index >= 15 is 0 Å². The molecule has 0 unspecified atom stereocenters. The second kappa shape index (κ2) is 13.4. The first kappa shape index (κ1) is 14.4. The van der Waals surface area contributed by atoms with Crippen LogP contribution in [0.4, 0.5) is 0 Å². The van der Waals surface area contributed by atoms with E-state index in [4.69, 9.17) is 0 Å². The van der Waals surface area contributed by atoms with Crippen molar-refractivity contribution in [2.45, 2.75) is 19.3 Å². The Hall–Kier alpha value is 1.40. The summed E-state index contributed by atoms with van der Waals surface area (Å²) in [6.45, 7) is 0. The summed E-state index contributed by atoms with van der Waals surface area (Å²) in [6, 6.07) is 0. The normalized spacial score (nSPS) is 10.6. The highest BCUT2D eigenvalue weighted by Gasteiger charge is 1.91. The highest BCUT2D eigenvalue weighted by molar-refractivity contribution is 8.00. The molecule has 0 spiro atoms. The lowest BCUT2D eigenvalue weighted by Gasteiger charge is -2.00. The summed E-state index contributed by atoms with van der Waals surface area (Å²) in [5.41, 5.74) is 0. The van der Waals surface area contributed by atoms with Crippen molar-refractivity contribution in [3.05, 3.63) is 0 Å². The molecule has 13 heavy (non-hydrogen) atoms. The Labute approximate surface area is 102 Å². The van der Waals surface area contributed by atoms with Crippen molar-refractivity contribution in [1.82, 2.24) is 0 Å². The fourth-order valence-corrected chi connectivity index (χ4v) is 3.28. The van der Waals surface area contributed by atoms with Gasteiger partial charge in [0.25, 0.3) is 0 Å². The van der Waals surface area contributed by atoms with Crippen molar-refractivity contribution in [3.63, 3.8) is 0 Å². The Morgan fingerprint density at radius 2 is 1.23 bits per heavy atom. The van der Waals surface area contributed by atoms with Crippen LogP contribution in [-0.4, -0.2) is 34.5 Å². The largest absolute Gasteiger partial charge is 0.179 e. The van der Waals surface area contributed by atoms with Crippen LogP contribution in [0, 0.1) is 0 Å². The molecule has 0 saturated heterocycles. The van der Waals surface area contributed by atoms with E-state index in [2.05, 4.69) is 37.0 Å². The van der Waals surface area contributed by atoms with Crippen LogP contribution in [0.25, 0.3) is 0 Å². The number of rotatable bonds is 10. The minimum Gasteiger partial charge on any atom is -0.179 e. The maximum Gasteiger partial charge on any atom is 0.00210 e. The van der Waals surface area contributed by atoms with Crippen molar-refractivity contribution < 1.29 is 0 Å². The van der Waals surface area contributed by atoms with Crippen LogP contribution in [0.1, 0.15) is 19.3 Å². The van der Waals surface area contributed by atoms with Gasteiger partial charge in [-0.25, -0.2) is 0 Å². The molecule has 80 valence electrons. The van der Waals surface area contributed by atoms with E-state index in [0.29, 0.717) is 0 Å². The third-order valence-electron chi connectivity index (χ3n) is 1.51. The van der Waals surface area contributed by atoms with Gasteiger partial charge in [-0.05, 0) is 48.0 Å². The molecule has 0 aromatic rings. The molecule has 0 amide bonds. The summed E-state index contributed by atoms with van der Waals surface area (Å²) in [4.78, 5) is 0. The molecule has 0 atom stereocenters. The third kappa shape index (κ3) is 13.4. The van der Waals surface area contributed by atoms with Crippen LogP contribution in [0.15, 0.2) is 0 Å². The van der Waals surface area contributed by atoms with E-state index in [0.717, 1.165) is 11.5 Å². The molecule has 0 aromatic carbocycles. The molecule has 0 aromatic heterocycles. The van der Waals surface area contributed by atoms with Crippen molar-refractivity contribution in [3.8, 4) is 0 Å². The first-order valence-electron chi connectivity index (χ1n) is 4.79. The summed E-state index contributed by atoms with van der Waals surface area (Å²) in [7, 11) is 0. The van der Waals surface area contributed by atoms with E-state index in [1.54, 1.807) is 0 Å². The number of thiol groups is 2. The summed E-state index contributed by atoms with van der Waals surface area (Å²) >= 11 is 12.5. The average molecular weight is 257 g/mol. The SMILES string of the molecule is SCCCCSCCCSCCS. The Morgan fingerprint density at radius 1 is 0.615 bits per heavy atom. The molecular formula is C9H20S4. The second-order valence-electron chi connectivity index (χ2n) is 2.73. The summed E-state index contributed by atoms with van der Waals surface area (Å²) in [5.74, 6) is 7.20. The number of hydrogen-bond donors (Lipinski definition) is 2. The Kier molecular flexibility index (Phi) is 14.8. The molecule has 0 nitrogen and oxygen atoms in total. The van der Waals surface area contributed by atoms with Gasteiger partial charge in [-0.1, -0.05) is 0 Å². The fraction of sp³-hybridized carbons (Fsp3) is 1.00. The first-order chi connectivity index (χ1) is 6.41. The maximum absolute atomic E-state index is 4.18. The van der Waals surface area contributed by atoms with Crippen molar-refractivity contribution >= 4 is 48.8 Å². The van der Waals surface area contributed by atoms with Crippen LogP contribution in [0.3, 0.4) is 0 Å². The minimum atomic E-state index is 1.01. The highest BCUT2D eigenvalue weighted by atomic mass is 32.2. The molecule has 0 aliphatic heterocycles. The Bertz CT molecular complexity index is 77.7. The van der Waals surface area contributed by atoms with Gasteiger partial charge in [0.2, 0.25) is 0 Å². The minimum absolute atomic E-state index is 1.01. The van der Waals surface area contributed by atoms with Gasteiger partial charge >= 0.3 is 0 Å². The fourth-order valence-electron chi connectivity index (χ4n) is 0.848. The second-order valence-corrected chi connectivity index (χ2v) is 6.08. The van der Waals surface area contributed by atoms with E-state index in [1.807, 2.05) is 11.8 Å². The third-order valence-corrected chi connectivity index (χ3v) is 4.58. The quantitative estimate of drug-likeness (QED) is 0.454. The van der Waals surface area contributed by atoms with Gasteiger partial charge in [-0.2, -0.15) is 48.8 Å². The molecule has 0 N–H and O–H groups in total. The zero-order valence-corrected chi connectivity index (χ0v) is 11.5. The van der Waals surface area contributed by atoms with Crippen molar-refractivity contribution in [2.24, 2.45) is 0 Å². The van der Waals surface area contributed by atoms with Gasteiger partial charge in [0.1, 0.15) is 0 Å². The van der Waals surface area contributed by atoms with Crippen LogP contribution in [0.2, 0.25) is 0 Å². The smallest absolute Gasteiger partial charge is 0.00210 e. The van der Waals surface area contributed by atoms with E-state index in [9.17, 15) is 0 Å². The van der Waals surface area contributed by atoms with Crippen LogP contribution in [-0.2, 0) is 0 Å². The summed E-state index contributed by atoms with van der Waals surface area (Å²) in [6.07, 6.45) is 3.95. The van der Waals surface area contributed by atoms with Gasteiger partial charge < -0.3 is 0 Å². The molecule has 0 saturated carbocycles. The number of unbranched alkanes of at least 4 members (excludes halogenated alkanes) is 1. The zero-order chi connectivity index (χ0) is 9.78. The van der Waals surface area contributed by atoms with E-state index < -0.39 is 0 Å². The lowest BCUT2D eigenvalue weighted by atomic mass is 10.4. The van der Waals surface area contributed by atoms with Gasteiger partial charge in [0, 0.05) is 5.75 Å². The Morgan fingerprint density at radius 3 is 1.85 bits per heavy atom. The van der Waals surface area contributed by atoms with Gasteiger partial charge in [-0.3, -0.25) is 0 Å². The van der Waals surface area contributed by atoms with Crippen molar-refractivity contribution in [2.75, 3.05) is 34.5 Å². The molecule has 0 heterocycles. The predicted octanol–water partition coefficient (Wildman–Crippen LogP) is 3.48. The molecule has 0 fully saturated rings. The van der Waals surface area contributed by atoms with Gasteiger partial charge in [-0.15, -0.1) is 0 Å². The number of hydrogen-bond acceptors (Lipinski definition) is 4. The van der Waals surface area contributed by atoms with Gasteiger partial charge in [0.05, 0.1) is 0 Å². The van der Waals surface area contributed by atoms with Crippen molar-refractivity contribution in [1.29, 1.82) is 0 Å². The van der Waals surface area contributed by atoms with Crippen LogP contribution in [0.5, 0.6) is 0 Å². The van der Waals surface area contributed by atoms with E-state index in [-0.39, 0.29) is 0 Å². The molecule has 0 bridgehead atoms. The van der Waals surface area contributed by atoms with Crippen LogP contribution >= 0.6 is 48.8 Å². The molecule has 4 heteroatoms. The molecule has 0 aliphatic rings. The monoisotopic (exact) mass is 256 g/mol. The highest BCUT2D eigenvalue weighted by Crippen LogP contribution is 2.10. The van der Waals surface area contributed by atoms with Gasteiger partial charge in [0.15, 0.2) is 0 Å². The standard InChI is InChI=1S/C9H20S4/c10-4-1-2-6-12-7-3-8-13-9-5-11/h10-11H,1-9H2. The molecule has 0 radical (unpaired) electrons. The zero-order valence-electron chi connectivity index (χ0n) is 8.07. The molecule has 0 aliphatic carbocycles. The number of thioether (sulfide) groups is 2. The summed E-state index contributed by atoms with van der Waals surface area (Å²) < 4.78 is 0. The van der Waals surface area contributed by atoms with E-state index in [1.165, 1.54) is 42.3 Å². The lowest BCUT2D eigenvalue weighted by molar-refractivity contribution is 0.908. The lowest BCUT2D eigenvalue weighted by Crippen LogP contribution is -1.89. The Balaban J connectivity index is 2.76.